The molecule has 1 fully saturated rings. The summed E-state index contributed by atoms with van der Waals surface area (Å²) in [5.74, 6) is -4.40. The van der Waals surface area contributed by atoms with Gasteiger partial charge in [-0.1, -0.05) is 62.2 Å². The second kappa shape index (κ2) is 12.7. The van der Waals surface area contributed by atoms with E-state index in [-0.39, 0.29) is 58.3 Å². The highest BCUT2D eigenvalue weighted by Crippen LogP contribution is 2.54. The molecule has 0 bridgehead atoms. The van der Waals surface area contributed by atoms with Crippen molar-refractivity contribution in [3.05, 3.63) is 86.9 Å². The number of nitrogens with zero attached hydrogens (tertiary/aromatic N) is 2. The number of benzene rings is 2. The van der Waals surface area contributed by atoms with Crippen LogP contribution in [0.15, 0.2) is 59.4 Å². The first kappa shape index (κ1) is 32.5. The summed E-state index contributed by atoms with van der Waals surface area (Å²) in [7, 11) is 0. The predicted octanol–water partition coefficient (Wildman–Crippen LogP) is 7.84. The number of hydrogen-bond donors (Lipinski definition) is 1. The van der Waals surface area contributed by atoms with Gasteiger partial charge >= 0.3 is 5.97 Å². The van der Waals surface area contributed by atoms with Crippen LogP contribution in [0.1, 0.15) is 62.0 Å². The largest absolute Gasteiger partial charge is 0.493 e. The van der Waals surface area contributed by atoms with Gasteiger partial charge in [0.15, 0.2) is 0 Å². The Balaban J connectivity index is 1.89. The Morgan fingerprint density at radius 3 is 2.51 bits per heavy atom. The molecule has 2 aliphatic rings. The van der Waals surface area contributed by atoms with E-state index >= 15 is 8.78 Å². The van der Waals surface area contributed by atoms with E-state index in [1.54, 1.807) is 13.0 Å². The van der Waals surface area contributed by atoms with Crippen molar-refractivity contribution in [1.29, 1.82) is 5.26 Å². The first-order valence-corrected chi connectivity index (χ1v) is 14.9. The molecule has 1 aliphatic heterocycles. The lowest BCUT2D eigenvalue weighted by atomic mass is 9.61. The van der Waals surface area contributed by atoms with Crippen LogP contribution in [0.25, 0.3) is 0 Å². The van der Waals surface area contributed by atoms with Crippen LogP contribution in [0.2, 0.25) is 5.02 Å². The summed E-state index contributed by atoms with van der Waals surface area (Å²) >= 11 is 12.3. The van der Waals surface area contributed by atoms with Crippen LogP contribution in [0.4, 0.5) is 8.78 Å². The Labute approximate surface area is 260 Å². The monoisotopic (exact) mass is 630 g/mol. The summed E-state index contributed by atoms with van der Waals surface area (Å²) in [5.41, 5.74) is -1.46. The van der Waals surface area contributed by atoms with Crippen LogP contribution < -0.4 is 4.74 Å². The first-order chi connectivity index (χ1) is 20.2. The molecular weight excluding hydrogens is 597 g/mol. The second-order valence-corrected chi connectivity index (χ2v) is 13.1. The van der Waals surface area contributed by atoms with E-state index < -0.39 is 46.8 Å². The third kappa shape index (κ3) is 6.44. The number of nitriles is 1. The number of amides is 1. The van der Waals surface area contributed by atoms with E-state index in [2.05, 4.69) is 6.07 Å². The van der Waals surface area contributed by atoms with E-state index in [1.165, 1.54) is 41.3 Å². The van der Waals surface area contributed by atoms with Gasteiger partial charge in [0.05, 0.1) is 30.2 Å². The fourth-order valence-corrected chi connectivity index (χ4v) is 6.90. The molecule has 4 rings (SSSR count). The predicted molar refractivity (Wildman–Crippen MR) is 161 cm³/mol. The standard InChI is InChI=1S/C33H34Cl2F2N2O4/c1-5-43-27-13-19(9-11-22(27)31(41)42)14-28(40)39-17-20(16-32(2,3)4)33(18-38,24-12-10-21(34)15-26(24)36)30(39)23-7-6-8-25(35)29(23)37/h6,8-13,15,20,23,30H,5,7,14,16-17H2,1-4H3,(H,41,42)/t20-,23?,30-,33?/m1/s1. The van der Waals surface area contributed by atoms with Gasteiger partial charge in [-0.25, -0.2) is 13.6 Å². The lowest BCUT2D eigenvalue weighted by Crippen LogP contribution is -2.51. The molecule has 0 aromatic heterocycles. The zero-order chi connectivity index (χ0) is 31.7. The van der Waals surface area contributed by atoms with Crippen LogP contribution in [0.3, 0.4) is 0 Å². The highest BCUT2D eigenvalue weighted by molar-refractivity contribution is 6.31. The number of hydrogen-bond acceptors (Lipinski definition) is 4. The SMILES string of the molecule is CCOc1cc(CC(=O)N2C[C@@H](CC(C)(C)C)C(C#N)(c3ccc(Cl)cc3F)[C@H]2C2CC=CC(Cl)=C2F)ccc1C(=O)O. The normalized spacial score (nSPS) is 23.8. The molecule has 1 saturated heterocycles. The minimum Gasteiger partial charge on any atom is -0.493 e. The van der Waals surface area contributed by atoms with Crippen LogP contribution >= 0.6 is 23.2 Å². The molecule has 10 heteroatoms. The van der Waals surface area contributed by atoms with Crippen LogP contribution in [-0.2, 0) is 16.6 Å². The molecule has 43 heavy (non-hydrogen) atoms. The summed E-state index contributed by atoms with van der Waals surface area (Å²) in [6, 6.07) is 9.76. The van der Waals surface area contributed by atoms with Gasteiger partial charge in [0.2, 0.25) is 5.91 Å². The lowest BCUT2D eigenvalue weighted by Gasteiger charge is -2.41. The number of carbonyl (C=O) groups is 2. The molecular formula is C33H34Cl2F2N2O4. The summed E-state index contributed by atoms with van der Waals surface area (Å²) < 4.78 is 37.2. The number of ether oxygens (including phenoxy) is 1. The van der Waals surface area contributed by atoms with E-state index in [0.717, 1.165) is 6.07 Å². The third-order valence-electron chi connectivity index (χ3n) is 8.12. The highest BCUT2D eigenvalue weighted by atomic mass is 35.5. The van der Waals surface area contributed by atoms with Gasteiger partial charge in [0.1, 0.15) is 28.4 Å². The second-order valence-electron chi connectivity index (χ2n) is 12.2. The zero-order valence-electron chi connectivity index (χ0n) is 24.5. The van der Waals surface area contributed by atoms with Crippen molar-refractivity contribution in [2.75, 3.05) is 13.2 Å². The molecule has 2 aromatic rings. The van der Waals surface area contributed by atoms with E-state index in [4.69, 9.17) is 27.9 Å². The van der Waals surface area contributed by atoms with Crippen molar-refractivity contribution < 1.29 is 28.2 Å². The van der Waals surface area contributed by atoms with Crippen molar-refractivity contribution >= 4 is 35.1 Å². The number of allylic oxidation sites excluding steroid dienone is 3. The summed E-state index contributed by atoms with van der Waals surface area (Å²) in [6.07, 6.45) is 3.54. The number of carboxylic acid groups (broad SMARTS) is 1. The number of carboxylic acids is 1. The van der Waals surface area contributed by atoms with Gasteiger partial charge in [-0.2, -0.15) is 5.26 Å². The van der Waals surface area contributed by atoms with Crippen molar-refractivity contribution in [2.24, 2.45) is 17.3 Å². The maximum absolute atomic E-state index is 15.9. The molecule has 0 saturated carbocycles. The van der Waals surface area contributed by atoms with Crippen molar-refractivity contribution in [3.8, 4) is 11.8 Å². The van der Waals surface area contributed by atoms with Gasteiger partial charge < -0.3 is 14.7 Å². The summed E-state index contributed by atoms with van der Waals surface area (Å²) in [4.78, 5) is 27.3. The fraction of sp³-hybridized carbons (Fsp3) is 0.424. The molecule has 1 N–H and O–H groups in total. The molecule has 2 aromatic carbocycles. The van der Waals surface area contributed by atoms with Gasteiger partial charge in [0, 0.05) is 29.0 Å². The molecule has 1 heterocycles. The lowest BCUT2D eigenvalue weighted by molar-refractivity contribution is -0.132. The van der Waals surface area contributed by atoms with Gasteiger partial charge in [0.25, 0.3) is 0 Å². The molecule has 1 amide bonds. The molecule has 228 valence electrons. The van der Waals surface area contributed by atoms with Gasteiger partial charge in [-0.15, -0.1) is 0 Å². The van der Waals surface area contributed by atoms with Crippen molar-refractivity contribution in [1.82, 2.24) is 4.90 Å². The Bertz CT molecular complexity index is 1530. The first-order valence-electron chi connectivity index (χ1n) is 14.1. The molecule has 0 radical (unpaired) electrons. The Hall–Kier alpha value is -3.41. The maximum atomic E-state index is 15.9. The molecule has 0 spiro atoms. The Morgan fingerprint density at radius 1 is 1.19 bits per heavy atom. The third-order valence-corrected chi connectivity index (χ3v) is 8.67. The Kier molecular flexibility index (Phi) is 9.58. The van der Waals surface area contributed by atoms with Crippen LogP contribution in [0, 0.1) is 34.4 Å². The molecule has 6 nitrogen and oxygen atoms in total. The number of carbonyl (C=O) groups excluding carboxylic acids is 1. The summed E-state index contributed by atoms with van der Waals surface area (Å²) in [6.45, 7) is 8.00. The number of aromatic carboxylic acids is 1. The van der Waals surface area contributed by atoms with Gasteiger partial charge in [-0.05, 0) is 61.1 Å². The molecule has 1 aliphatic carbocycles. The van der Waals surface area contributed by atoms with E-state index in [1.807, 2.05) is 20.8 Å². The quantitative estimate of drug-likeness (QED) is 0.321. The topological polar surface area (TPSA) is 90.6 Å². The highest BCUT2D eigenvalue weighted by Gasteiger charge is 2.61. The van der Waals surface area contributed by atoms with Crippen molar-refractivity contribution in [2.45, 2.75) is 58.4 Å². The molecule has 4 atom stereocenters. The van der Waals surface area contributed by atoms with E-state index in [9.17, 15) is 20.0 Å². The van der Waals surface area contributed by atoms with Crippen LogP contribution in [0.5, 0.6) is 5.75 Å². The Morgan fingerprint density at radius 2 is 1.91 bits per heavy atom. The number of halogens is 4. The number of rotatable bonds is 8. The van der Waals surface area contributed by atoms with Crippen molar-refractivity contribution in [3.63, 3.8) is 0 Å². The zero-order valence-corrected chi connectivity index (χ0v) is 26.0. The smallest absolute Gasteiger partial charge is 0.339 e. The minimum absolute atomic E-state index is 0.0418. The summed E-state index contributed by atoms with van der Waals surface area (Å²) in [5, 5.41) is 20.6. The average Bonchev–Trinajstić information content (AvgIpc) is 3.23. The fourth-order valence-electron chi connectivity index (χ4n) is 6.51. The van der Waals surface area contributed by atoms with Gasteiger partial charge in [-0.3, -0.25) is 4.79 Å². The van der Waals surface area contributed by atoms with E-state index in [0.29, 0.717) is 12.0 Å². The number of likely N-dealkylation sites (tertiary alicyclic amines) is 1. The average molecular weight is 632 g/mol. The minimum atomic E-state index is -1.63. The maximum Gasteiger partial charge on any atom is 0.339 e. The van der Waals surface area contributed by atoms with Crippen LogP contribution in [-0.4, -0.2) is 41.1 Å². The molecule has 2 unspecified atom stereocenters.